The van der Waals surface area contributed by atoms with Crippen LogP contribution >= 0.6 is 0 Å². The number of carbonyl (C=O) groups is 3. The molecule has 1 aromatic carbocycles. The number of carbonyl (C=O) groups excluding carboxylic acids is 3. The highest BCUT2D eigenvalue weighted by molar-refractivity contribution is 5.89. The predicted octanol–water partition coefficient (Wildman–Crippen LogP) is 0.441. The van der Waals surface area contributed by atoms with Crippen molar-refractivity contribution in [2.45, 2.75) is 25.3 Å². The number of hydrogen-bond donors (Lipinski definition) is 1. The Kier molecular flexibility index (Phi) is 7.59. The van der Waals surface area contributed by atoms with Gasteiger partial charge in [-0.15, -0.1) is 0 Å². The van der Waals surface area contributed by atoms with Crippen molar-refractivity contribution < 1.29 is 19.1 Å². The smallest absolute Gasteiger partial charge is 0.325 e. The molecule has 2 rings (SSSR count). The van der Waals surface area contributed by atoms with Gasteiger partial charge in [0.15, 0.2) is 0 Å². The van der Waals surface area contributed by atoms with Crippen molar-refractivity contribution in [1.82, 2.24) is 15.1 Å². The number of ether oxygens (including phenoxy) is 1. The molecule has 1 aliphatic heterocycles. The third-order valence-electron chi connectivity index (χ3n) is 4.58. The molecule has 1 atom stereocenters. The number of amides is 2. The van der Waals surface area contributed by atoms with E-state index in [4.69, 9.17) is 0 Å². The second kappa shape index (κ2) is 9.91. The molecule has 1 saturated heterocycles. The molecule has 0 aliphatic carbocycles. The van der Waals surface area contributed by atoms with Crippen LogP contribution in [-0.2, 0) is 25.5 Å². The number of esters is 1. The first-order valence-electron chi connectivity index (χ1n) is 8.87. The Morgan fingerprint density at radius 2 is 2.04 bits per heavy atom. The predicted molar refractivity (Wildman–Crippen MR) is 97.4 cm³/mol. The molecule has 142 valence electrons. The molecule has 1 N–H and O–H groups in total. The van der Waals surface area contributed by atoms with E-state index in [9.17, 15) is 14.4 Å². The van der Waals surface area contributed by atoms with Crippen LogP contribution in [0.3, 0.4) is 0 Å². The van der Waals surface area contributed by atoms with Crippen molar-refractivity contribution in [3.8, 4) is 0 Å². The van der Waals surface area contributed by atoms with Crippen molar-refractivity contribution in [3.05, 3.63) is 35.9 Å². The van der Waals surface area contributed by atoms with E-state index < -0.39 is 12.0 Å². The summed E-state index contributed by atoms with van der Waals surface area (Å²) in [5, 5.41) is 2.82. The summed E-state index contributed by atoms with van der Waals surface area (Å²) in [7, 11) is 2.82. The van der Waals surface area contributed by atoms with Crippen LogP contribution < -0.4 is 5.32 Å². The second-order valence-corrected chi connectivity index (χ2v) is 6.46. The monoisotopic (exact) mass is 361 g/mol. The molecule has 2 amide bonds. The Morgan fingerprint density at radius 3 is 2.73 bits per heavy atom. The van der Waals surface area contributed by atoms with Gasteiger partial charge in [0, 0.05) is 20.1 Å². The summed E-state index contributed by atoms with van der Waals surface area (Å²) >= 11 is 0. The number of rotatable bonds is 8. The molecule has 1 fully saturated rings. The van der Waals surface area contributed by atoms with Gasteiger partial charge in [-0.3, -0.25) is 19.3 Å². The minimum absolute atomic E-state index is 0.0602. The average Bonchev–Trinajstić information content (AvgIpc) is 2.64. The maximum Gasteiger partial charge on any atom is 0.325 e. The number of likely N-dealkylation sites (N-methyl/N-ethyl adjacent to an activating group) is 1. The summed E-state index contributed by atoms with van der Waals surface area (Å²) in [5.74, 6) is -0.852. The van der Waals surface area contributed by atoms with Crippen molar-refractivity contribution in [2.24, 2.45) is 0 Å². The van der Waals surface area contributed by atoms with E-state index in [1.54, 1.807) is 7.05 Å². The Morgan fingerprint density at radius 1 is 1.31 bits per heavy atom. The van der Waals surface area contributed by atoms with Crippen LogP contribution in [0.2, 0.25) is 0 Å². The van der Waals surface area contributed by atoms with Gasteiger partial charge in [0.2, 0.25) is 11.8 Å². The fourth-order valence-corrected chi connectivity index (χ4v) is 3.05. The fourth-order valence-electron chi connectivity index (χ4n) is 3.05. The van der Waals surface area contributed by atoms with E-state index in [1.807, 2.05) is 18.2 Å². The molecule has 0 saturated carbocycles. The molecular weight excluding hydrogens is 334 g/mol. The number of methoxy groups -OCH3 is 1. The van der Waals surface area contributed by atoms with Gasteiger partial charge in [0.25, 0.3) is 0 Å². The molecule has 1 unspecified atom stereocenters. The summed E-state index contributed by atoms with van der Waals surface area (Å²) in [4.78, 5) is 39.3. The van der Waals surface area contributed by atoms with Crippen LogP contribution in [0.5, 0.6) is 0 Å². The van der Waals surface area contributed by atoms with E-state index in [0.29, 0.717) is 6.54 Å². The Bertz CT molecular complexity index is 620. The topological polar surface area (TPSA) is 78.9 Å². The lowest BCUT2D eigenvalue weighted by Gasteiger charge is -2.35. The highest BCUT2D eigenvalue weighted by Crippen LogP contribution is 2.13. The van der Waals surface area contributed by atoms with Gasteiger partial charge >= 0.3 is 5.97 Å². The van der Waals surface area contributed by atoms with Gasteiger partial charge in [-0.2, -0.15) is 0 Å². The second-order valence-electron chi connectivity index (χ2n) is 6.46. The Labute approximate surface area is 154 Å². The molecule has 0 aromatic heterocycles. The number of nitrogens with one attached hydrogen (secondary N) is 1. The summed E-state index contributed by atoms with van der Waals surface area (Å²) in [6.07, 6.45) is 1.91. The quantitative estimate of drug-likeness (QED) is 0.680. The van der Waals surface area contributed by atoms with Gasteiger partial charge in [0.05, 0.1) is 19.6 Å². The normalized spacial score (nSPS) is 17.5. The molecular formula is C19H27N3O4. The van der Waals surface area contributed by atoms with Crippen LogP contribution in [0.15, 0.2) is 30.3 Å². The molecule has 0 bridgehead atoms. The molecule has 0 radical (unpaired) electrons. The first-order chi connectivity index (χ1) is 12.5. The summed E-state index contributed by atoms with van der Waals surface area (Å²) < 4.78 is 4.58. The summed E-state index contributed by atoms with van der Waals surface area (Å²) in [6.45, 7) is 1.95. The zero-order chi connectivity index (χ0) is 18.9. The van der Waals surface area contributed by atoms with Gasteiger partial charge < -0.3 is 15.0 Å². The molecule has 1 heterocycles. The number of nitrogens with zero attached hydrogens (tertiary/aromatic N) is 2. The first-order valence-corrected chi connectivity index (χ1v) is 8.87. The minimum Gasteiger partial charge on any atom is -0.468 e. The van der Waals surface area contributed by atoms with Gasteiger partial charge in [-0.25, -0.2) is 0 Å². The zero-order valence-electron chi connectivity index (χ0n) is 15.4. The molecule has 0 spiro atoms. The van der Waals surface area contributed by atoms with Gasteiger partial charge in [-0.1, -0.05) is 30.3 Å². The van der Waals surface area contributed by atoms with E-state index in [1.165, 1.54) is 17.6 Å². The molecule has 1 aromatic rings. The zero-order valence-corrected chi connectivity index (χ0v) is 15.4. The molecule has 7 nitrogen and oxygen atoms in total. The lowest BCUT2D eigenvalue weighted by atomic mass is 10.1. The number of benzene rings is 1. The summed E-state index contributed by atoms with van der Waals surface area (Å²) in [5.41, 5.74) is 1.26. The van der Waals surface area contributed by atoms with E-state index in [0.717, 1.165) is 25.9 Å². The maximum absolute atomic E-state index is 12.4. The molecule has 7 heteroatoms. The molecule has 26 heavy (non-hydrogen) atoms. The van der Waals surface area contributed by atoms with E-state index in [-0.39, 0.29) is 24.8 Å². The SMILES string of the molecule is COC(=O)CN(C)C(=O)CC1C(=O)NCCN1CCCc1ccccc1. The largest absolute Gasteiger partial charge is 0.468 e. The maximum atomic E-state index is 12.4. The third-order valence-corrected chi connectivity index (χ3v) is 4.58. The van der Waals surface area contributed by atoms with Crippen LogP contribution in [0.1, 0.15) is 18.4 Å². The fraction of sp³-hybridized carbons (Fsp3) is 0.526. The first kappa shape index (κ1) is 19.9. The third kappa shape index (κ3) is 5.84. The van der Waals surface area contributed by atoms with Crippen LogP contribution in [0.4, 0.5) is 0 Å². The number of aryl methyl sites for hydroxylation is 1. The van der Waals surface area contributed by atoms with E-state index >= 15 is 0 Å². The number of hydrogen-bond acceptors (Lipinski definition) is 5. The van der Waals surface area contributed by atoms with Crippen LogP contribution in [0, 0.1) is 0 Å². The lowest BCUT2D eigenvalue weighted by Crippen LogP contribution is -2.56. The molecule has 1 aliphatic rings. The van der Waals surface area contributed by atoms with Gasteiger partial charge in [-0.05, 0) is 24.9 Å². The van der Waals surface area contributed by atoms with Crippen molar-refractivity contribution >= 4 is 17.8 Å². The minimum atomic E-state index is -0.493. The highest BCUT2D eigenvalue weighted by atomic mass is 16.5. The number of piperazine rings is 1. The van der Waals surface area contributed by atoms with Crippen molar-refractivity contribution in [1.29, 1.82) is 0 Å². The Hall–Kier alpha value is -2.41. The van der Waals surface area contributed by atoms with Crippen molar-refractivity contribution in [2.75, 3.05) is 40.3 Å². The summed E-state index contributed by atoms with van der Waals surface area (Å²) in [6, 6.07) is 9.71. The lowest BCUT2D eigenvalue weighted by molar-refractivity contribution is -0.147. The van der Waals surface area contributed by atoms with Crippen molar-refractivity contribution in [3.63, 3.8) is 0 Å². The van der Waals surface area contributed by atoms with Gasteiger partial charge in [0.1, 0.15) is 6.54 Å². The Balaban J connectivity index is 1.89. The van der Waals surface area contributed by atoms with E-state index in [2.05, 4.69) is 27.1 Å². The standard InChI is InChI=1S/C19H27N3O4/c1-21(14-18(24)26-2)17(23)13-16-19(25)20-10-12-22(16)11-6-9-15-7-4-3-5-8-15/h3-5,7-8,16H,6,9-14H2,1-2H3,(H,20,25). The van der Waals surface area contributed by atoms with Crippen LogP contribution in [0.25, 0.3) is 0 Å². The van der Waals surface area contributed by atoms with Crippen LogP contribution in [-0.4, -0.2) is 74.0 Å². The average molecular weight is 361 g/mol. The highest BCUT2D eigenvalue weighted by Gasteiger charge is 2.32.